The number of aryl methyl sites for hydroxylation is 1. The molecule has 0 aliphatic carbocycles. The minimum Gasteiger partial charge on any atom is -0.445 e. The summed E-state index contributed by atoms with van der Waals surface area (Å²) < 4.78 is 5.40. The van der Waals surface area contributed by atoms with Crippen LogP contribution in [0.15, 0.2) is 97.5 Å². The Bertz CT molecular complexity index is 1410. The van der Waals surface area contributed by atoms with E-state index in [1.165, 1.54) is 11.2 Å². The maximum Gasteiger partial charge on any atom is 0.408 e. The van der Waals surface area contributed by atoms with Gasteiger partial charge in [-0.2, -0.15) is 0 Å². The summed E-state index contributed by atoms with van der Waals surface area (Å²) in [4.78, 5) is 48.4. The zero-order valence-corrected chi connectivity index (χ0v) is 24.0. The van der Waals surface area contributed by atoms with Gasteiger partial charge in [-0.05, 0) is 29.5 Å². The van der Waals surface area contributed by atoms with Crippen LogP contribution in [0.5, 0.6) is 0 Å². The number of hydrogen-bond donors (Lipinski definition) is 3. The van der Waals surface area contributed by atoms with Crippen LogP contribution in [0.2, 0.25) is 0 Å². The molecule has 0 saturated carbocycles. The van der Waals surface area contributed by atoms with E-state index in [-0.39, 0.29) is 37.9 Å². The molecular weight excluding hydrogens is 530 g/mol. The molecule has 1 heterocycles. The number of aromatic amines is 1. The summed E-state index contributed by atoms with van der Waals surface area (Å²) in [6.45, 7) is 4.54. The van der Waals surface area contributed by atoms with E-state index in [0.717, 1.165) is 22.3 Å². The summed E-state index contributed by atoms with van der Waals surface area (Å²) in [5, 5.41) is 5.68. The Morgan fingerprint density at radius 3 is 2.29 bits per heavy atom. The van der Waals surface area contributed by atoms with Crippen LogP contribution in [0.4, 0.5) is 4.79 Å². The van der Waals surface area contributed by atoms with Crippen LogP contribution in [0.3, 0.4) is 0 Å². The van der Waals surface area contributed by atoms with Crippen LogP contribution >= 0.6 is 0 Å². The second kappa shape index (κ2) is 15.2. The number of ether oxygens (including phenoxy) is 1. The minimum absolute atomic E-state index is 0.0622. The fourth-order valence-electron chi connectivity index (χ4n) is 4.46. The lowest BCUT2D eigenvalue weighted by Crippen LogP contribution is -2.52. The Morgan fingerprint density at radius 2 is 1.62 bits per heavy atom. The van der Waals surface area contributed by atoms with Crippen molar-refractivity contribution in [3.05, 3.63) is 125 Å². The van der Waals surface area contributed by atoms with Gasteiger partial charge in [-0.25, -0.2) is 9.78 Å². The van der Waals surface area contributed by atoms with E-state index >= 15 is 0 Å². The van der Waals surface area contributed by atoms with Crippen LogP contribution in [0.1, 0.15) is 40.8 Å². The van der Waals surface area contributed by atoms with Gasteiger partial charge in [0, 0.05) is 31.4 Å². The van der Waals surface area contributed by atoms with Crippen molar-refractivity contribution in [2.24, 2.45) is 0 Å². The average molecular weight is 568 g/mol. The van der Waals surface area contributed by atoms with Gasteiger partial charge in [0.15, 0.2) is 0 Å². The van der Waals surface area contributed by atoms with Gasteiger partial charge in [-0.15, -0.1) is 0 Å². The smallest absolute Gasteiger partial charge is 0.408 e. The number of H-pyrrole nitrogens is 1. The van der Waals surface area contributed by atoms with Crippen molar-refractivity contribution in [1.29, 1.82) is 0 Å². The molecule has 0 spiro atoms. The third kappa shape index (κ3) is 9.33. The lowest BCUT2D eigenvalue weighted by atomic mass is 10.0. The number of carbonyl (C=O) groups is 3. The topological polar surface area (TPSA) is 116 Å². The van der Waals surface area contributed by atoms with E-state index in [4.69, 9.17) is 4.74 Å². The minimum atomic E-state index is -0.991. The molecule has 0 radical (unpaired) electrons. The molecule has 9 nitrogen and oxygen atoms in total. The highest BCUT2D eigenvalue weighted by atomic mass is 16.5. The van der Waals surface area contributed by atoms with Crippen molar-refractivity contribution in [2.75, 3.05) is 13.1 Å². The predicted octanol–water partition coefficient (Wildman–Crippen LogP) is 4.50. The van der Waals surface area contributed by atoms with Gasteiger partial charge in [0.2, 0.25) is 11.8 Å². The van der Waals surface area contributed by atoms with Crippen molar-refractivity contribution in [1.82, 2.24) is 25.5 Å². The number of carbonyl (C=O) groups excluding carboxylic acids is 3. The van der Waals surface area contributed by atoms with Gasteiger partial charge >= 0.3 is 6.09 Å². The lowest BCUT2D eigenvalue weighted by Gasteiger charge is -2.28. The maximum atomic E-state index is 14.0. The standard InChI is InChI=1S/C33H37N5O4/c1-24-13-15-26(16-14-24)20-38(21-31(39)35-18-25(2)28-11-7-4-8-12-28)32(40)30(17-29-19-34-23-36-29)37-33(41)42-22-27-9-5-3-6-10-27/h3-16,19,23,25,30H,17-18,20-22H2,1-2H3,(H,34,36)(H,35,39)(H,37,41)/t25?,30-/m0/s1. The molecule has 1 unspecified atom stereocenters. The highest BCUT2D eigenvalue weighted by Gasteiger charge is 2.29. The molecule has 0 saturated heterocycles. The third-order valence-electron chi connectivity index (χ3n) is 6.90. The molecule has 3 amide bonds. The molecule has 4 aromatic rings. The molecule has 218 valence electrons. The summed E-state index contributed by atoms with van der Waals surface area (Å²) in [6, 6.07) is 26.0. The molecule has 0 aliphatic rings. The number of imidazole rings is 1. The van der Waals surface area contributed by atoms with Crippen molar-refractivity contribution in [3.8, 4) is 0 Å². The summed E-state index contributed by atoms with van der Waals surface area (Å²) in [6.07, 6.45) is 2.53. The molecule has 4 rings (SSSR count). The van der Waals surface area contributed by atoms with Crippen LogP contribution in [0.25, 0.3) is 0 Å². The second-order valence-electron chi connectivity index (χ2n) is 10.3. The number of amides is 3. The number of aromatic nitrogens is 2. The first kappa shape index (κ1) is 30.0. The van der Waals surface area contributed by atoms with E-state index in [2.05, 4.69) is 20.6 Å². The number of hydrogen-bond acceptors (Lipinski definition) is 5. The molecule has 3 N–H and O–H groups in total. The summed E-state index contributed by atoms with van der Waals surface area (Å²) in [5.41, 5.74) is 4.55. The van der Waals surface area contributed by atoms with Crippen LogP contribution in [0, 0.1) is 6.92 Å². The maximum absolute atomic E-state index is 14.0. The van der Waals surface area contributed by atoms with E-state index < -0.39 is 18.0 Å². The molecule has 0 aliphatic heterocycles. The van der Waals surface area contributed by atoms with E-state index in [1.54, 1.807) is 6.20 Å². The number of nitrogens with one attached hydrogen (secondary N) is 3. The molecule has 0 bridgehead atoms. The van der Waals surface area contributed by atoms with Gasteiger partial charge in [-0.3, -0.25) is 9.59 Å². The predicted molar refractivity (Wildman–Crippen MR) is 160 cm³/mol. The Balaban J connectivity index is 1.48. The largest absolute Gasteiger partial charge is 0.445 e. The van der Waals surface area contributed by atoms with Crippen LogP contribution < -0.4 is 10.6 Å². The molecule has 9 heteroatoms. The Hall–Kier alpha value is -4.92. The molecule has 0 fully saturated rings. The molecular formula is C33H37N5O4. The number of benzene rings is 3. The normalized spacial score (nSPS) is 12.1. The zero-order valence-electron chi connectivity index (χ0n) is 24.0. The molecule has 42 heavy (non-hydrogen) atoms. The summed E-state index contributed by atoms with van der Waals surface area (Å²) >= 11 is 0. The van der Waals surface area contributed by atoms with Gasteiger partial charge in [0.05, 0.1) is 12.9 Å². The highest BCUT2D eigenvalue weighted by Crippen LogP contribution is 2.14. The SMILES string of the molecule is Cc1ccc(CN(CC(=O)NCC(C)c2ccccc2)C(=O)[C@H](Cc2cnc[nH]2)NC(=O)OCc2ccccc2)cc1. The van der Waals surface area contributed by atoms with Gasteiger partial charge in [-0.1, -0.05) is 97.4 Å². The van der Waals surface area contributed by atoms with Crippen molar-refractivity contribution >= 4 is 17.9 Å². The summed E-state index contributed by atoms with van der Waals surface area (Å²) in [5.74, 6) is -0.594. The second-order valence-corrected chi connectivity index (χ2v) is 10.3. The van der Waals surface area contributed by atoms with Crippen LogP contribution in [-0.4, -0.2) is 51.9 Å². The lowest BCUT2D eigenvalue weighted by molar-refractivity contribution is -0.138. The van der Waals surface area contributed by atoms with Gasteiger partial charge in [0.1, 0.15) is 12.6 Å². The first-order valence-electron chi connectivity index (χ1n) is 14.0. The molecule has 1 aromatic heterocycles. The first-order chi connectivity index (χ1) is 20.4. The van der Waals surface area contributed by atoms with Crippen molar-refractivity contribution in [3.63, 3.8) is 0 Å². The fourth-order valence-corrected chi connectivity index (χ4v) is 4.46. The van der Waals surface area contributed by atoms with Crippen molar-refractivity contribution < 1.29 is 19.1 Å². The van der Waals surface area contributed by atoms with E-state index in [9.17, 15) is 14.4 Å². The number of nitrogens with zero attached hydrogens (tertiary/aromatic N) is 2. The summed E-state index contributed by atoms with van der Waals surface area (Å²) in [7, 11) is 0. The highest BCUT2D eigenvalue weighted by molar-refractivity contribution is 5.89. The van der Waals surface area contributed by atoms with Crippen LogP contribution in [-0.2, 0) is 33.9 Å². The molecule has 2 atom stereocenters. The van der Waals surface area contributed by atoms with Crippen molar-refractivity contribution in [2.45, 2.75) is 45.4 Å². The van der Waals surface area contributed by atoms with E-state index in [1.807, 2.05) is 98.8 Å². The van der Waals surface area contributed by atoms with E-state index in [0.29, 0.717) is 12.2 Å². The number of alkyl carbamates (subject to hydrolysis) is 1. The number of rotatable bonds is 13. The average Bonchev–Trinajstić information content (AvgIpc) is 3.53. The zero-order chi connectivity index (χ0) is 29.7. The van der Waals surface area contributed by atoms with Gasteiger partial charge < -0.3 is 25.3 Å². The first-order valence-corrected chi connectivity index (χ1v) is 14.0. The monoisotopic (exact) mass is 567 g/mol. The Morgan fingerprint density at radius 1 is 0.929 bits per heavy atom. The Kier molecular flexibility index (Phi) is 10.9. The van der Waals surface area contributed by atoms with Gasteiger partial charge in [0.25, 0.3) is 0 Å². The Labute approximate surface area is 246 Å². The third-order valence-corrected chi connectivity index (χ3v) is 6.90. The molecule has 3 aromatic carbocycles. The fraction of sp³-hybridized carbons (Fsp3) is 0.273. The quantitative estimate of drug-likeness (QED) is 0.220.